The van der Waals surface area contributed by atoms with E-state index in [0.29, 0.717) is 13.0 Å². The Hall–Kier alpha value is -1.43. The number of aliphatic hydroxyl groups excluding tert-OH is 1. The first-order chi connectivity index (χ1) is 8.07. The molecule has 96 valence electrons. The zero-order valence-corrected chi connectivity index (χ0v) is 10.6. The first-order valence-corrected chi connectivity index (χ1v) is 5.83. The van der Waals surface area contributed by atoms with Crippen LogP contribution in [-0.2, 0) is 4.79 Å². The van der Waals surface area contributed by atoms with Crippen molar-refractivity contribution in [3.05, 3.63) is 12.7 Å². The molecule has 1 unspecified atom stereocenters. The third-order valence-corrected chi connectivity index (χ3v) is 2.65. The molecule has 0 bridgehead atoms. The fraction of sp³-hybridized carbons (Fsp3) is 0.727. The first-order valence-electron chi connectivity index (χ1n) is 5.83. The Labute approximate surface area is 101 Å². The lowest BCUT2D eigenvalue weighted by Gasteiger charge is -2.29. The molecule has 1 atom stereocenters. The van der Waals surface area contributed by atoms with Crippen molar-refractivity contribution in [2.75, 3.05) is 13.2 Å². The molecule has 0 aliphatic carbocycles. The van der Waals surface area contributed by atoms with Crippen molar-refractivity contribution in [2.24, 2.45) is 0 Å². The van der Waals surface area contributed by atoms with Gasteiger partial charge in [-0.15, -0.1) is 0 Å². The van der Waals surface area contributed by atoms with Crippen molar-refractivity contribution >= 4 is 5.91 Å². The molecule has 1 rings (SSSR count). The van der Waals surface area contributed by atoms with Gasteiger partial charge in [0.15, 0.2) is 0 Å². The van der Waals surface area contributed by atoms with E-state index in [2.05, 4.69) is 10.1 Å². The van der Waals surface area contributed by atoms with Gasteiger partial charge in [0.2, 0.25) is 5.91 Å². The smallest absolute Gasteiger partial charge is 0.247 e. The van der Waals surface area contributed by atoms with Gasteiger partial charge in [-0.3, -0.25) is 4.79 Å². The highest BCUT2D eigenvalue weighted by atomic mass is 16.3. The van der Waals surface area contributed by atoms with Gasteiger partial charge in [-0.05, 0) is 27.2 Å². The standard InChI is InChI=1S/C11H20N4O2/c1-9(2)14(5-4-6-16)11(17)10(3)15-8-12-7-13-15/h7-10,16H,4-6H2,1-3H3. The highest BCUT2D eigenvalue weighted by molar-refractivity contribution is 5.80. The van der Waals surface area contributed by atoms with E-state index in [9.17, 15) is 4.79 Å². The van der Waals surface area contributed by atoms with Crippen molar-refractivity contribution in [1.82, 2.24) is 19.7 Å². The molecule has 1 amide bonds. The molecule has 6 nitrogen and oxygen atoms in total. The van der Waals surface area contributed by atoms with Crippen LogP contribution in [0.15, 0.2) is 12.7 Å². The molecular formula is C11H20N4O2. The van der Waals surface area contributed by atoms with Gasteiger partial charge in [-0.25, -0.2) is 9.67 Å². The van der Waals surface area contributed by atoms with Crippen LogP contribution in [0.5, 0.6) is 0 Å². The van der Waals surface area contributed by atoms with Crippen LogP contribution in [0.3, 0.4) is 0 Å². The Morgan fingerprint density at radius 2 is 2.18 bits per heavy atom. The highest BCUT2D eigenvalue weighted by Crippen LogP contribution is 2.11. The Morgan fingerprint density at radius 3 is 2.65 bits per heavy atom. The molecule has 1 aromatic rings. The minimum atomic E-state index is -0.362. The average molecular weight is 240 g/mol. The second kappa shape index (κ2) is 6.34. The fourth-order valence-electron chi connectivity index (χ4n) is 1.63. The van der Waals surface area contributed by atoms with E-state index in [1.54, 1.807) is 11.8 Å². The monoisotopic (exact) mass is 240 g/mol. The zero-order valence-electron chi connectivity index (χ0n) is 10.6. The lowest BCUT2D eigenvalue weighted by Crippen LogP contribution is -2.41. The summed E-state index contributed by atoms with van der Waals surface area (Å²) in [6.07, 6.45) is 3.54. The summed E-state index contributed by atoms with van der Waals surface area (Å²) in [6, 6.07) is -0.251. The number of hydrogen-bond donors (Lipinski definition) is 1. The summed E-state index contributed by atoms with van der Waals surface area (Å²) in [5, 5.41) is 12.8. The Bertz CT molecular complexity index is 337. The average Bonchev–Trinajstić information content (AvgIpc) is 2.81. The van der Waals surface area contributed by atoms with Gasteiger partial charge >= 0.3 is 0 Å². The molecule has 0 radical (unpaired) electrons. The molecule has 17 heavy (non-hydrogen) atoms. The van der Waals surface area contributed by atoms with E-state index >= 15 is 0 Å². The van der Waals surface area contributed by atoms with Crippen LogP contribution in [0.25, 0.3) is 0 Å². The fourth-order valence-corrected chi connectivity index (χ4v) is 1.63. The molecule has 0 aromatic carbocycles. The molecule has 0 spiro atoms. The number of amides is 1. The maximum Gasteiger partial charge on any atom is 0.247 e. The Kier molecular flexibility index (Phi) is 5.09. The van der Waals surface area contributed by atoms with Crippen molar-refractivity contribution in [3.8, 4) is 0 Å². The molecule has 0 aliphatic heterocycles. The van der Waals surface area contributed by atoms with Gasteiger partial charge in [-0.2, -0.15) is 5.10 Å². The highest BCUT2D eigenvalue weighted by Gasteiger charge is 2.23. The van der Waals surface area contributed by atoms with Gasteiger partial charge in [-0.1, -0.05) is 0 Å². The normalized spacial score (nSPS) is 12.8. The van der Waals surface area contributed by atoms with Crippen molar-refractivity contribution in [1.29, 1.82) is 0 Å². The lowest BCUT2D eigenvalue weighted by atomic mass is 10.2. The summed E-state index contributed by atoms with van der Waals surface area (Å²) >= 11 is 0. The second-order valence-corrected chi connectivity index (χ2v) is 4.25. The van der Waals surface area contributed by atoms with Gasteiger partial charge in [0.25, 0.3) is 0 Å². The zero-order chi connectivity index (χ0) is 12.8. The lowest BCUT2D eigenvalue weighted by molar-refractivity contribution is -0.136. The van der Waals surface area contributed by atoms with Gasteiger partial charge in [0, 0.05) is 19.2 Å². The minimum absolute atomic E-state index is 0.000972. The van der Waals surface area contributed by atoms with Crippen LogP contribution in [0.4, 0.5) is 0 Å². The molecule has 0 saturated carbocycles. The van der Waals surface area contributed by atoms with Gasteiger partial charge in [0.05, 0.1) is 0 Å². The topological polar surface area (TPSA) is 71.2 Å². The van der Waals surface area contributed by atoms with E-state index in [4.69, 9.17) is 5.11 Å². The first kappa shape index (κ1) is 13.6. The van der Waals surface area contributed by atoms with Gasteiger partial charge < -0.3 is 10.0 Å². The Morgan fingerprint density at radius 1 is 1.47 bits per heavy atom. The summed E-state index contributed by atoms with van der Waals surface area (Å²) in [5.41, 5.74) is 0. The number of aromatic nitrogens is 3. The van der Waals surface area contributed by atoms with Crippen LogP contribution < -0.4 is 0 Å². The summed E-state index contributed by atoms with van der Waals surface area (Å²) in [4.78, 5) is 17.8. The molecule has 0 fully saturated rings. The number of carbonyl (C=O) groups is 1. The van der Waals surface area contributed by atoms with Crippen molar-refractivity contribution in [3.63, 3.8) is 0 Å². The summed E-state index contributed by atoms with van der Waals surface area (Å²) in [7, 11) is 0. The molecule has 0 aliphatic rings. The maximum absolute atomic E-state index is 12.2. The number of aliphatic hydroxyl groups is 1. The van der Waals surface area contributed by atoms with Crippen LogP contribution >= 0.6 is 0 Å². The maximum atomic E-state index is 12.2. The third kappa shape index (κ3) is 3.52. The predicted octanol–water partition coefficient (Wildman–Crippen LogP) is 0.458. The Balaban J connectivity index is 2.70. The molecule has 1 heterocycles. The number of rotatable bonds is 6. The van der Waals surface area contributed by atoms with Gasteiger partial charge in [0.1, 0.15) is 18.7 Å². The summed E-state index contributed by atoms with van der Waals surface area (Å²) < 4.78 is 1.54. The van der Waals surface area contributed by atoms with E-state index in [1.807, 2.05) is 13.8 Å². The van der Waals surface area contributed by atoms with Crippen LogP contribution in [-0.4, -0.2) is 49.9 Å². The molecule has 1 N–H and O–H groups in total. The summed E-state index contributed by atoms with van der Waals surface area (Å²) in [6.45, 7) is 6.37. The van der Waals surface area contributed by atoms with Crippen molar-refractivity contribution in [2.45, 2.75) is 39.3 Å². The largest absolute Gasteiger partial charge is 0.396 e. The summed E-state index contributed by atoms with van der Waals surface area (Å²) in [5.74, 6) is -0.000972. The number of hydrogen-bond acceptors (Lipinski definition) is 4. The molecule has 0 saturated heterocycles. The van der Waals surface area contributed by atoms with E-state index in [1.165, 1.54) is 17.3 Å². The van der Waals surface area contributed by atoms with E-state index in [0.717, 1.165) is 0 Å². The predicted molar refractivity (Wildman–Crippen MR) is 63.3 cm³/mol. The molecular weight excluding hydrogens is 220 g/mol. The van der Waals surface area contributed by atoms with Crippen LogP contribution in [0.1, 0.15) is 33.2 Å². The van der Waals surface area contributed by atoms with Crippen LogP contribution in [0, 0.1) is 0 Å². The number of carbonyl (C=O) groups excluding carboxylic acids is 1. The second-order valence-electron chi connectivity index (χ2n) is 4.25. The quantitative estimate of drug-likeness (QED) is 0.784. The number of nitrogens with zero attached hydrogens (tertiary/aromatic N) is 4. The van der Waals surface area contributed by atoms with E-state index < -0.39 is 0 Å². The van der Waals surface area contributed by atoms with Crippen molar-refractivity contribution < 1.29 is 9.90 Å². The van der Waals surface area contributed by atoms with Crippen LogP contribution in [0.2, 0.25) is 0 Å². The molecule has 1 aromatic heterocycles. The SMILES string of the molecule is CC(C)N(CCCO)C(=O)C(C)n1cncn1. The van der Waals surface area contributed by atoms with E-state index in [-0.39, 0.29) is 24.6 Å². The molecule has 6 heteroatoms. The minimum Gasteiger partial charge on any atom is -0.396 e. The third-order valence-electron chi connectivity index (χ3n) is 2.65.